The average molecular weight is 389 g/mol. The number of aryl methyl sites for hydroxylation is 2. The molecule has 2 amide bonds. The number of rotatable bonds is 7. The zero-order valence-corrected chi connectivity index (χ0v) is 17.3. The number of hydrogen-bond donors (Lipinski definition) is 1. The van der Waals surface area contributed by atoms with Gasteiger partial charge in [0.25, 0.3) is 0 Å². The highest BCUT2D eigenvalue weighted by Crippen LogP contribution is 2.27. The summed E-state index contributed by atoms with van der Waals surface area (Å²) in [4.78, 5) is 35.9. The molecule has 1 atom stereocenters. The van der Waals surface area contributed by atoms with E-state index in [9.17, 15) is 9.59 Å². The molecule has 1 aliphatic heterocycles. The van der Waals surface area contributed by atoms with Crippen LogP contribution in [0.5, 0.6) is 0 Å². The van der Waals surface area contributed by atoms with Crippen molar-refractivity contribution in [2.24, 2.45) is 0 Å². The fourth-order valence-corrected chi connectivity index (χ4v) is 4.26. The van der Waals surface area contributed by atoms with Crippen molar-refractivity contribution < 1.29 is 14.3 Å². The molecule has 1 aliphatic carbocycles. The van der Waals surface area contributed by atoms with Gasteiger partial charge >= 0.3 is 0 Å². The number of methoxy groups -OCH3 is 1. The lowest BCUT2D eigenvalue weighted by atomic mass is 10.0. The third-order valence-corrected chi connectivity index (χ3v) is 5.92. The largest absolute Gasteiger partial charge is 0.384 e. The third-order valence-electron chi connectivity index (χ3n) is 5.92. The Morgan fingerprint density at radius 1 is 1.14 bits per heavy atom. The highest BCUT2D eigenvalue weighted by molar-refractivity contribution is 5.79. The Morgan fingerprint density at radius 2 is 1.82 bits per heavy atom. The first-order valence-corrected chi connectivity index (χ1v) is 10.4. The van der Waals surface area contributed by atoms with Gasteiger partial charge in [0.05, 0.1) is 19.4 Å². The van der Waals surface area contributed by atoms with Gasteiger partial charge in [0.1, 0.15) is 5.82 Å². The molecule has 2 fully saturated rings. The lowest BCUT2D eigenvalue weighted by Crippen LogP contribution is -2.34. The molecule has 1 N–H and O–H groups in total. The molecule has 0 radical (unpaired) electrons. The van der Waals surface area contributed by atoms with E-state index in [0.717, 1.165) is 48.6 Å². The lowest BCUT2D eigenvalue weighted by Gasteiger charge is -2.17. The normalized spacial score (nSPS) is 20.0. The van der Waals surface area contributed by atoms with Crippen LogP contribution >= 0.6 is 0 Å². The van der Waals surface area contributed by atoms with E-state index in [2.05, 4.69) is 5.32 Å². The van der Waals surface area contributed by atoms with Crippen LogP contribution in [0.3, 0.4) is 0 Å². The first-order valence-electron chi connectivity index (χ1n) is 10.4. The van der Waals surface area contributed by atoms with Gasteiger partial charge in [-0.2, -0.15) is 0 Å². The predicted octanol–water partition coefficient (Wildman–Crippen LogP) is 2.05. The second-order valence-electron chi connectivity index (χ2n) is 8.03. The quantitative estimate of drug-likeness (QED) is 0.773. The zero-order chi connectivity index (χ0) is 20.1. The number of hydrogen-bond acceptors (Lipinski definition) is 5. The minimum atomic E-state index is 0.0604. The SMILES string of the molecule is COCCC(=O)N1CC[C@@H](c2nc(C)c(CC(=O)NC3CCCC3)c(C)n2)C1. The van der Waals surface area contributed by atoms with Crippen LogP contribution in [0.25, 0.3) is 0 Å². The van der Waals surface area contributed by atoms with Crippen molar-refractivity contribution in [1.82, 2.24) is 20.2 Å². The zero-order valence-electron chi connectivity index (χ0n) is 17.3. The number of carbonyl (C=O) groups excluding carboxylic acids is 2. The van der Waals surface area contributed by atoms with E-state index in [1.54, 1.807) is 7.11 Å². The molecular formula is C21H32N4O3. The first kappa shape index (κ1) is 20.7. The average Bonchev–Trinajstić information content (AvgIpc) is 3.34. The number of aromatic nitrogens is 2. The summed E-state index contributed by atoms with van der Waals surface area (Å²) in [5, 5.41) is 3.14. The summed E-state index contributed by atoms with van der Waals surface area (Å²) in [6, 6.07) is 0.327. The van der Waals surface area contributed by atoms with E-state index in [1.807, 2.05) is 18.7 Å². The second kappa shape index (κ2) is 9.45. The lowest BCUT2D eigenvalue weighted by molar-refractivity contribution is -0.131. The van der Waals surface area contributed by atoms with Crippen molar-refractivity contribution >= 4 is 11.8 Å². The highest BCUT2D eigenvalue weighted by atomic mass is 16.5. The summed E-state index contributed by atoms with van der Waals surface area (Å²) >= 11 is 0. The number of nitrogens with one attached hydrogen (secondary N) is 1. The highest BCUT2D eigenvalue weighted by Gasteiger charge is 2.29. The summed E-state index contributed by atoms with van der Waals surface area (Å²) < 4.78 is 5.00. The van der Waals surface area contributed by atoms with E-state index < -0.39 is 0 Å². The van der Waals surface area contributed by atoms with Gasteiger partial charge in [-0.1, -0.05) is 12.8 Å². The van der Waals surface area contributed by atoms with Gasteiger partial charge in [-0.3, -0.25) is 9.59 Å². The summed E-state index contributed by atoms with van der Waals surface area (Å²) in [5.74, 6) is 1.13. The van der Waals surface area contributed by atoms with E-state index in [-0.39, 0.29) is 17.7 Å². The van der Waals surface area contributed by atoms with E-state index in [0.29, 0.717) is 32.0 Å². The molecule has 7 heteroatoms. The fraction of sp³-hybridized carbons (Fsp3) is 0.714. The molecule has 1 saturated carbocycles. The number of ether oxygens (including phenoxy) is 1. The van der Waals surface area contributed by atoms with Crippen molar-refractivity contribution in [3.63, 3.8) is 0 Å². The van der Waals surface area contributed by atoms with Crippen LogP contribution in [-0.2, 0) is 20.7 Å². The maximum Gasteiger partial charge on any atom is 0.224 e. The van der Waals surface area contributed by atoms with Crippen molar-refractivity contribution in [2.45, 2.75) is 70.8 Å². The van der Waals surface area contributed by atoms with Crippen molar-refractivity contribution in [2.75, 3.05) is 26.8 Å². The standard InChI is InChI=1S/C21H32N4O3/c1-14-18(12-19(26)24-17-6-4-5-7-17)15(2)23-21(22-14)16-8-10-25(13-16)20(27)9-11-28-3/h16-17H,4-13H2,1-3H3,(H,24,26)/t16-/m1/s1. The Balaban J connectivity index is 1.61. The number of likely N-dealkylation sites (tertiary alicyclic amines) is 1. The predicted molar refractivity (Wildman–Crippen MR) is 106 cm³/mol. The van der Waals surface area contributed by atoms with Gasteiger partial charge in [0.15, 0.2) is 0 Å². The number of amides is 2. The molecule has 28 heavy (non-hydrogen) atoms. The van der Waals surface area contributed by atoms with Crippen LogP contribution in [0.15, 0.2) is 0 Å². The Labute approximate surface area is 167 Å². The van der Waals surface area contributed by atoms with Gasteiger partial charge in [-0.05, 0) is 33.1 Å². The monoisotopic (exact) mass is 388 g/mol. The third kappa shape index (κ3) is 5.07. The summed E-state index contributed by atoms with van der Waals surface area (Å²) in [6.07, 6.45) is 6.19. The Bertz CT molecular complexity index is 693. The van der Waals surface area contributed by atoms with Gasteiger partial charge in [-0.25, -0.2) is 9.97 Å². The molecule has 1 aromatic rings. The molecule has 0 aromatic carbocycles. The molecule has 154 valence electrons. The minimum absolute atomic E-state index is 0.0604. The van der Waals surface area contributed by atoms with Crippen LogP contribution in [0.1, 0.15) is 67.2 Å². The summed E-state index contributed by atoms with van der Waals surface area (Å²) in [6.45, 7) is 5.75. The Hall–Kier alpha value is -2.02. The smallest absolute Gasteiger partial charge is 0.224 e. The fourth-order valence-electron chi connectivity index (χ4n) is 4.26. The molecule has 3 rings (SSSR count). The van der Waals surface area contributed by atoms with Crippen molar-refractivity contribution in [1.29, 1.82) is 0 Å². The molecule has 7 nitrogen and oxygen atoms in total. The van der Waals surface area contributed by atoms with Crippen LogP contribution in [0.2, 0.25) is 0 Å². The Morgan fingerprint density at radius 3 is 2.46 bits per heavy atom. The molecule has 2 aliphatic rings. The van der Waals surface area contributed by atoms with Crippen molar-refractivity contribution in [3.05, 3.63) is 22.8 Å². The summed E-state index contributed by atoms with van der Waals surface area (Å²) in [7, 11) is 1.61. The minimum Gasteiger partial charge on any atom is -0.384 e. The van der Waals surface area contributed by atoms with Crippen LogP contribution in [0.4, 0.5) is 0 Å². The number of carbonyl (C=O) groups is 2. The van der Waals surface area contributed by atoms with E-state index in [4.69, 9.17) is 14.7 Å². The van der Waals surface area contributed by atoms with Crippen LogP contribution in [-0.4, -0.2) is 59.5 Å². The summed E-state index contributed by atoms with van der Waals surface area (Å²) in [5.41, 5.74) is 2.66. The number of nitrogens with zero attached hydrogens (tertiary/aromatic N) is 3. The molecule has 1 saturated heterocycles. The maximum atomic E-state index is 12.4. The molecule has 0 unspecified atom stereocenters. The van der Waals surface area contributed by atoms with Gasteiger partial charge < -0.3 is 15.0 Å². The Kier molecular flexibility index (Phi) is 6.99. The first-order chi connectivity index (χ1) is 13.5. The second-order valence-corrected chi connectivity index (χ2v) is 8.03. The topological polar surface area (TPSA) is 84.4 Å². The molecular weight excluding hydrogens is 356 g/mol. The van der Waals surface area contributed by atoms with Gasteiger partial charge in [-0.15, -0.1) is 0 Å². The van der Waals surface area contributed by atoms with Crippen LogP contribution in [0, 0.1) is 13.8 Å². The maximum absolute atomic E-state index is 12.4. The molecule has 1 aromatic heterocycles. The molecule has 0 bridgehead atoms. The van der Waals surface area contributed by atoms with Crippen molar-refractivity contribution in [3.8, 4) is 0 Å². The van der Waals surface area contributed by atoms with Gasteiger partial charge in [0.2, 0.25) is 11.8 Å². The molecule has 2 heterocycles. The van der Waals surface area contributed by atoms with Gasteiger partial charge in [0, 0.05) is 49.1 Å². The van der Waals surface area contributed by atoms with E-state index >= 15 is 0 Å². The molecule has 0 spiro atoms. The van der Waals surface area contributed by atoms with E-state index in [1.165, 1.54) is 12.8 Å². The van der Waals surface area contributed by atoms with Crippen LogP contribution < -0.4 is 5.32 Å².